The number of hydrogen-bond donors (Lipinski definition) is 1. The van der Waals surface area contributed by atoms with Gasteiger partial charge in [0.1, 0.15) is 0 Å². The van der Waals surface area contributed by atoms with E-state index in [1.807, 2.05) is 6.92 Å². The van der Waals surface area contributed by atoms with E-state index >= 15 is 0 Å². The second-order valence-electron chi connectivity index (χ2n) is 4.70. The molecule has 6 heteroatoms. The first-order valence-electron chi connectivity index (χ1n) is 7.44. The van der Waals surface area contributed by atoms with Gasteiger partial charge in [0.15, 0.2) is 0 Å². The Hall–Kier alpha value is -0.0100. The smallest absolute Gasteiger partial charge is 0.0701 e. The van der Waals surface area contributed by atoms with Crippen molar-refractivity contribution >= 4 is 10.8 Å². The lowest BCUT2D eigenvalue weighted by atomic mass is 10.4. The lowest BCUT2D eigenvalue weighted by molar-refractivity contribution is 0.0147. The molecule has 0 saturated heterocycles. The topological polar surface area (TPSA) is 56.8 Å². The van der Waals surface area contributed by atoms with Crippen LogP contribution in [0.5, 0.6) is 0 Å². The Morgan fingerprint density at radius 3 is 2.10 bits per heavy atom. The molecule has 0 radical (unpaired) electrons. The van der Waals surface area contributed by atoms with E-state index in [1.54, 1.807) is 6.26 Å². The molecule has 0 saturated carbocycles. The average molecular weight is 309 g/mol. The van der Waals surface area contributed by atoms with E-state index in [0.717, 1.165) is 32.5 Å². The highest BCUT2D eigenvalue weighted by Crippen LogP contribution is 1.89. The van der Waals surface area contributed by atoms with Crippen LogP contribution < -0.4 is 5.32 Å². The van der Waals surface area contributed by atoms with Crippen molar-refractivity contribution < 1.29 is 18.4 Å². The third kappa shape index (κ3) is 14.4. The standard InChI is InChI=1S/C14H31NO4S/c1-4-5-7-17-9-11-19-12-10-18-8-6-15-13-14(2)20(3)16/h14-15H,4-13H2,1-3H3. The molecule has 0 aliphatic carbocycles. The fourth-order valence-electron chi connectivity index (χ4n) is 1.36. The maximum absolute atomic E-state index is 11.1. The molecule has 0 aliphatic heterocycles. The normalized spacial score (nSPS) is 14.3. The molecule has 0 aromatic rings. The Labute approximate surface area is 126 Å². The van der Waals surface area contributed by atoms with Crippen LogP contribution in [0.15, 0.2) is 0 Å². The summed E-state index contributed by atoms with van der Waals surface area (Å²) in [5, 5.41) is 3.40. The Balaban J connectivity index is 3.04. The van der Waals surface area contributed by atoms with Gasteiger partial charge in [-0.1, -0.05) is 13.3 Å². The van der Waals surface area contributed by atoms with Crippen molar-refractivity contribution in [2.45, 2.75) is 31.9 Å². The van der Waals surface area contributed by atoms with Gasteiger partial charge in [0.25, 0.3) is 0 Å². The lowest BCUT2D eigenvalue weighted by Gasteiger charge is -2.10. The van der Waals surface area contributed by atoms with Gasteiger partial charge >= 0.3 is 0 Å². The summed E-state index contributed by atoms with van der Waals surface area (Å²) in [6, 6.07) is 0. The Bertz CT molecular complexity index is 229. The van der Waals surface area contributed by atoms with Crippen LogP contribution in [-0.2, 0) is 25.0 Å². The van der Waals surface area contributed by atoms with Crippen molar-refractivity contribution in [1.82, 2.24) is 5.32 Å². The fourth-order valence-corrected chi connectivity index (χ4v) is 1.71. The second kappa shape index (κ2) is 15.4. The highest BCUT2D eigenvalue weighted by molar-refractivity contribution is 7.84. The van der Waals surface area contributed by atoms with E-state index in [9.17, 15) is 4.21 Å². The molecule has 0 bridgehead atoms. The van der Waals surface area contributed by atoms with Gasteiger partial charge < -0.3 is 19.5 Å². The summed E-state index contributed by atoms with van der Waals surface area (Å²) in [6.45, 7) is 9.63. The molecule has 5 nitrogen and oxygen atoms in total. The summed E-state index contributed by atoms with van der Waals surface area (Å²) < 4.78 is 27.3. The number of unbranched alkanes of at least 4 members (excludes halogenated alkanes) is 1. The summed E-state index contributed by atoms with van der Waals surface area (Å²) in [7, 11) is -0.762. The molecule has 0 aliphatic rings. The molecule has 0 spiro atoms. The van der Waals surface area contributed by atoms with Crippen LogP contribution in [0.25, 0.3) is 0 Å². The maximum atomic E-state index is 11.1. The minimum atomic E-state index is -0.762. The summed E-state index contributed by atoms with van der Waals surface area (Å²) in [5.41, 5.74) is 0. The highest BCUT2D eigenvalue weighted by atomic mass is 32.2. The zero-order chi connectivity index (χ0) is 15.1. The monoisotopic (exact) mass is 309 g/mol. The van der Waals surface area contributed by atoms with E-state index in [4.69, 9.17) is 14.2 Å². The molecule has 2 unspecified atom stereocenters. The summed E-state index contributed by atoms with van der Waals surface area (Å²) >= 11 is 0. The van der Waals surface area contributed by atoms with Gasteiger partial charge in [-0.05, 0) is 13.3 Å². The molecule has 0 rings (SSSR count). The van der Waals surface area contributed by atoms with Gasteiger partial charge in [-0.15, -0.1) is 0 Å². The van der Waals surface area contributed by atoms with Crippen molar-refractivity contribution in [2.24, 2.45) is 0 Å². The van der Waals surface area contributed by atoms with Crippen molar-refractivity contribution in [1.29, 1.82) is 0 Å². The SMILES string of the molecule is CCCCOCCOCCOCCNCC(C)S(C)=O. The van der Waals surface area contributed by atoms with E-state index in [1.165, 1.54) is 0 Å². The summed E-state index contributed by atoms with van der Waals surface area (Å²) in [4.78, 5) is 0. The van der Waals surface area contributed by atoms with E-state index in [0.29, 0.717) is 33.0 Å². The van der Waals surface area contributed by atoms with Gasteiger partial charge in [-0.2, -0.15) is 0 Å². The summed E-state index contributed by atoms with van der Waals surface area (Å²) in [5.74, 6) is 0. The fraction of sp³-hybridized carbons (Fsp3) is 1.00. The van der Waals surface area contributed by atoms with Crippen molar-refractivity contribution in [3.63, 3.8) is 0 Å². The zero-order valence-corrected chi connectivity index (χ0v) is 14.0. The minimum Gasteiger partial charge on any atom is -0.379 e. The van der Waals surface area contributed by atoms with Crippen molar-refractivity contribution in [3.05, 3.63) is 0 Å². The quantitative estimate of drug-likeness (QED) is 0.461. The van der Waals surface area contributed by atoms with Gasteiger partial charge in [0.2, 0.25) is 0 Å². The van der Waals surface area contributed by atoms with Crippen molar-refractivity contribution in [2.75, 3.05) is 59.0 Å². The Kier molecular flexibility index (Phi) is 15.4. The van der Waals surface area contributed by atoms with Crippen LogP contribution >= 0.6 is 0 Å². The molecular formula is C14H31NO4S. The van der Waals surface area contributed by atoms with Crippen LogP contribution in [0.3, 0.4) is 0 Å². The molecule has 1 N–H and O–H groups in total. The molecular weight excluding hydrogens is 278 g/mol. The number of ether oxygens (including phenoxy) is 3. The minimum absolute atomic E-state index is 0.186. The van der Waals surface area contributed by atoms with Crippen LogP contribution in [0.1, 0.15) is 26.7 Å². The second-order valence-corrected chi connectivity index (χ2v) is 6.51. The van der Waals surface area contributed by atoms with Gasteiger partial charge in [0, 0.05) is 42.0 Å². The van der Waals surface area contributed by atoms with Gasteiger partial charge in [0.05, 0.1) is 33.0 Å². The molecule has 2 atom stereocenters. The number of rotatable bonds is 15. The third-order valence-corrected chi connectivity index (χ3v) is 4.11. The molecule has 0 heterocycles. The first-order valence-corrected chi connectivity index (χ1v) is 9.06. The molecule has 0 fully saturated rings. The van der Waals surface area contributed by atoms with Crippen LogP contribution in [-0.4, -0.2) is 68.4 Å². The summed E-state index contributed by atoms with van der Waals surface area (Å²) in [6.07, 6.45) is 4.00. The zero-order valence-electron chi connectivity index (χ0n) is 13.2. The number of hydrogen-bond acceptors (Lipinski definition) is 5. The Morgan fingerprint density at radius 2 is 1.55 bits per heavy atom. The van der Waals surface area contributed by atoms with Gasteiger partial charge in [-0.25, -0.2) is 0 Å². The van der Waals surface area contributed by atoms with Crippen LogP contribution in [0.4, 0.5) is 0 Å². The first-order chi connectivity index (χ1) is 9.68. The molecule has 0 aromatic heterocycles. The Morgan fingerprint density at radius 1 is 1.00 bits per heavy atom. The molecule has 20 heavy (non-hydrogen) atoms. The first kappa shape index (κ1) is 20.0. The molecule has 0 amide bonds. The third-order valence-electron chi connectivity index (χ3n) is 2.81. The van der Waals surface area contributed by atoms with E-state index in [-0.39, 0.29) is 5.25 Å². The lowest BCUT2D eigenvalue weighted by Crippen LogP contribution is -2.30. The van der Waals surface area contributed by atoms with E-state index in [2.05, 4.69) is 12.2 Å². The van der Waals surface area contributed by atoms with E-state index < -0.39 is 10.8 Å². The van der Waals surface area contributed by atoms with Crippen molar-refractivity contribution in [3.8, 4) is 0 Å². The van der Waals surface area contributed by atoms with Crippen LogP contribution in [0, 0.1) is 0 Å². The maximum Gasteiger partial charge on any atom is 0.0701 e. The largest absolute Gasteiger partial charge is 0.379 e. The molecule has 0 aromatic carbocycles. The highest BCUT2D eigenvalue weighted by Gasteiger charge is 2.04. The van der Waals surface area contributed by atoms with Gasteiger partial charge in [-0.3, -0.25) is 4.21 Å². The predicted octanol–water partition coefficient (Wildman–Crippen LogP) is 1.19. The average Bonchev–Trinajstić information content (AvgIpc) is 2.43. The number of nitrogens with one attached hydrogen (secondary N) is 1. The predicted molar refractivity (Wildman–Crippen MR) is 83.8 cm³/mol. The van der Waals surface area contributed by atoms with Crippen LogP contribution in [0.2, 0.25) is 0 Å². The molecule has 122 valence electrons.